The van der Waals surface area contributed by atoms with Gasteiger partial charge in [0.05, 0.1) is 5.41 Å². The molecule has 0 radical (unpaired) electrons. The summed E-state index contributed by atoms with van der Waals surface area (Å²) < 4.78 is 14.0. The summed E-state index contributed by atoms with van der Waals surface area (Å²) in [6.07, 6.45) is 3.95. The molecule has 0 N–H and O–H groups in total. The SMILES string of the molecule is O=CN1CCN(C(=O)CC2(c3cccc(F)c3)CC(=O)N(C3CCCC3)C2=O)CC1. The van der Waals surface area contributed by atoms with Gasteiger partial charge in [-0.3, -0.25) is 24.1 Å². The summed E-state index contributed by atoms with van der Waals surface area (Å²) >= 11 is 0. The minimum atomic E-state index is -1.37. The molecule has 0 bridgehead atoms. The molecule has 4 amide bonds. The highest BCUT2D eigenvalue weighted by Gasteiger charge is 2.56. The van der Waals surface area contributed by atoms with Crippen LogP contribution in [0.25, 0.3) is 0 Å². The molecule has 1 aliphatic carbocycles. The second kappa shape index (κ2) is 8.16. The van der Waals surface area contributed by atoms with Crippen molar-refractivity contribution in [3.05, 3.63) is 35.6 Å². The fourth-order valence-electron chi connectivity index (χ4n) is 4.99. The average molecular weight is 415 g/mol. The van der Waals surface area contributed by atoms with E-state index >= 15 is 0 Å². The molecule has 0 aromatic heterocycles. The minimum absolute atomic E-state index is 0.119. The van der Waals surface area contributed by atoms with Crippen molar-refractivity contribution in [2.45, 2.75) is 50.0 Å². The number of rotatable bonds is 5. The first-order chi connectivity index (χ1) is 14.4. The van der Waals surface area contributed by atoms with Crippen LogP contribution in [-0.2, 0) is 24.6 Å². The zero-order valence-electron chi connectivity index (χ0n) is 16.9. The molecule has 1 saturated carbocycles. The average Bonchev–Trinajstić information content (AvgIpc) is 3.35. The third-order valence-corrected chi connectivity index (χ3v) is 6.69. The molecule has 30 heavy (non-hydrogen) atoms. The maximum atomic E-state index is 14.0. The lowest BCUT2D eigenvalue weighted by Gasteiger charge is -2.35. The summed E-state index contributed by atoms with van der Waals surface area (Å²) in [6.45, 7) is 1.63. The number of likely N-dealkylation sites (tertiary alicyclic amines) is 1. The fraction of sp³-hybridized carbons (Fsp3) is 0.545. The van der Waals surface area contributed by atoms with Gasteiger partial charge in [-0.1, -0.05) is 25.0 Å². The Labute approximate surface area is 174 Å². The van der Waals surface area contributed by atoms with Crippen molar-refractivity contribution in [3.8, 4) is 0 Å². The highest BCUT2D eigenvalue weighted by Crippen LogP contribution is 2.43. The Bertz CT molecular complexity index is 862. The van der Waals surface area contributed by atoms with Crippen molar-refractivity contribution >= 4 is 24.1 Å². The predicted octanol–water partition coefficient (Wildman–Crippen LogP) is 1.46. The van der Waals surface area contributed by atoms with E-state index in [0.717, 1.165) is 32.1 Å². The first-order valence-electron chi connectivity index (χ1n) is 10.5. The molecule has 3 aliphatic rings. The van der Waals surface area contributed by atoms with E-state index in [4.69, 9.17) is 0 Å². The van der Waals surface area contributed by atoms with E-state index in [1.165, 1.54) is 23.1 Å². The van der Waals surface area contributed by atoms with Crippen molar-refractivity contribution in [1.29, 1.82) is 0 Å². The van der Waals surface area contributed by atoms with Gasteiger partial charge in [-0.25, -0.2) is 4.39 Å². The number of benzene rings is 1. The molecule has 2 aliphatic heterocycles. The van der Waals surface area contributed by atoms with Crippen LogP contribution in [-0.4, -0.2) is 71.1 Å². The van der Waals surface area contributed by atoms with Gasteiger partial charge in [0.2, 0.25) is 24.1 Å². The molecule has 2 saturated heterocycles. The Morgan fingerprint density at radius 2 is 1.83 bits per heavy atom. The molecule has 160 valence electrons. The Balaban J connectivity index is 1.64. The predicted molar refractivity (Wildman–Crippen MR) is 106 cm³/mol. The van der Waals surface area contributed by atoms with Crippen LogP contribution in [0.4, 0.5) is 4.39 Å². The van der Waals surface area contributed by atoms with Crippen molar-refractivity contribution in [1.82, 2.24) is 14.7 Å². The maximum Gasteiger partial charge on any atom is 0.241 e. The Morgan fingerprint density at radius 1 is 1.13 bits per heavy atom. The van der Waals surface area contributed by atoms with Gasteiger partial charge in [-0.05, 0) is 30.5 Å². The highest BCUT2D eigenvalue weighted by atomic mass is 19.1. The second-order valence-electron chi connectivity index (χ2n) is 8.48. The van der Waals surface area contributed by atoms with E-state index in [1.54, 1.807) is 15.9 Å². The number of amides is 4. The van der Waals surface area contributed by atoms with Crippen LogP contribution >= 0.6 is 0 Å². The number of imide groups is 1. The molecule has 1 aromatic rings. The van der Waals surface area contributed by atoms with Crippen LogP contribution < -0.4 is 0 Å². The molecule has 2 heterocycles. The molecule has 1 aromatic carbocycles. The normalized spacial score (nSPS) is 25.3. The lowest BCUT2D eigenvalue weighted by atomic mass is 9.75. The molecular weight excluding hydrogens is 389 g/mol. The number of hydrogen-bond donors (Lipinski definition) is 0. The van der Waals surface area contributed by atoms with Crippen molar-refractivity contribution in [3.63, 3.8) is 0 Å². The molecule has 8 heteroatoms. The number of halogens is 1. The zero-order valence-corrected chi connectivity index (χ0v) is 16.9. The Morgan fingerprint density at radius 3 is 2.47 bits per heavy atom. The smallest absolute Gasteiger partial charge is 0.241 e. The van der Waals surface area contributed by atoms with E-state index < -0.39 is 11.2 Å². The van der Waals surface area contributed by atoms with Gasteiger partial charge in [0.1, 0.15) is 5.82 Å². The van der Waals surface area contributed by atoms with Crippen LogP contribution in [0.5, 0.6) is 0 Å². The lowest BCUT2D eigenvalue weighted by Crippen LogP contribution is -2.51. The van der Waals surface area contributed by atoms with Crippen LogP contribution in [0.2, 0.25) is 0 Å². The van der Waals surface area contributed by atoms with Crippen molar-refractivity contribution in [2.24, 2.45) is 0 Å². The number of carbonyl (C=O) groups is 4. The second-order valence-corrected chi connectivity index (χ2v) is 8.48. The minimum Gasteiger partial charge on any atom is -0.342 e. The summed E-state index contributed by atoms with van der Waals surface area (Å²) in [5, 5.41) is 0. The maximum absolute atomic E-state index is 14.0. The van der Waals surface area contributed by atoms with Gasteiger partial charge in [-0.2, -0.15) is 0 Å². The number of hydrogen-bond acceptors (Lipinski definition) is 4. The first kappa shape index (κ1) is 20.5. The number of carbonyl (C=O) groups excluding carboxylic acids is 4. The van der Waals surface area contributed by atoms with Crippen LogP contribution in [0.1, 0.15) is 44.1 Å². The zero-order chi connectivity index (χ0) is 21.3. The van der Waals surface area contributed by atoms with Gasteiger partial charge in [0.15, 0.2) is 0 Å². The third kappa shape index (κ3) is 3.59. The largest absolute Gasteiger partial charge is 0.342 e. The van der Waals surface area contributed by atoms with Gasteiger partial charge in [0.25, 0.3) is 0 Å². The molecule has 7 nitrogen and oxygen atoms in total. The van der Waals surface area contributed by atoms with Crippen LogP contribution in [0.3, 0.4) is 0 Å². The van der Waals surface area contributed by atoms with Gasteiger partial charge >= 0.3 is 0 Å². The van der Waals surface area contributed by atoms with E-state index in [2.05, 4.69) is 0 Å². The summed E-state index contributed by atoms with van der Waals surface area (Å²) in [4.78, 5) is 55.2. The van der Waals surface area contributed by atoms with Crippen LogP contribution in [0, 0.1) is 5.82 Å². The standard InChI is InChI=1S/C22H26FN3O4/c23-17-5-3-4-16(12-17)22(13-19(28)25-10-8-24(15-27)9-11-25)14-20(29)26(21(22)30)18-6-1-2-7-18/h3-5,12,15,18H,1-2,6-11,13-14H2. The third-order valence-electron chi connectivity index (χ3n) is 6.69. The van der Waals surface area contributed by atoms with E-state index in [9.17, 15) is 23.6 Å². The van der Waals surface area contributed by atoms with Crippen molar-refractivity contribution in [2.75, 3.05) is 26.2 Å². The molecule has 1 unspecified atom stereocenters. The summed E-state index contributed by atoms with van der Waals surface area (Å²) in [5.74, 6) is -1.42. The summed E-state index contributed by atoms with van der Waals surface area (Å²) in [5.41, 5.74) is -0.998. The number of piperazine rings is 1. The first-order valence-corrected chi connectivity index (χ1v) is 10.5. The summed E-state index contributed by atoms with van der Waals surface area (Å²) in [6, 6.07) is 5.56. The van der Waals surface area contributed by atoms with Crippen LogP contribution in [0.15, 0.2) is 24.3 Å². The summed E-state index contributed by atoms with van der Waals surface area (Å²) in [7, 11) is 0. The molecule has 0 spiro atoms. The molecule has 3 fully saturated rings. The van der Waals surface area contributed by atoms with Gasteiger partial charge in [0, 0.05) is 45.1 Å². The Hall–Kier alpha value is -2.77. The Kier molecular flexibility index (Phi) is 5.58. The molecular formula is C22H26FN3O4. The quantitative estimate of drug-likeness (QED) is 0.539. The van der Waals surface area contributed by atoms with E-state index in [1.807, 2.05) is 0 Å². The monoisotopic (exact) mass is 415 g/mol. The molecule has 4 rings (SSSR count). The topological polar surface area (TPSA) is 78.0 Å². The lowest BCUT2D eigenvalue weighted by molar-refractivity contribution is -0.145. The van der Waals surface area contributed by atoms with Crippen molar-refractivity contribution < 1.29 is 23.6 Å². The molecule has 1 atom stereocenters. The van der Waals surface area contributed by atoms with Gasteiger partial charge < -0.3 is 9.80 Å². The van der Waals surface area contributed by atoms with E-state index in [-0.39, 0.29) is 36.6 Å². The highest BCUT2D eigenvalue weighted by molar-refractivity contribution is 6.11. The fourth-order valence-corrected chi connectivity index (χ4v) is 4.99. The van der Waals surface area contributed by atoms with E-state index in [0.29, 0.717) is 31.7 Å². The number of nitrogens with zero attached hydrogens (tertiary/aromatic N) is 3. The van der Waals surface area contributed by atoms with Gasteiger partial charge in [-0.15, -0.1) is 0 Å².